The summed E-state index contributed by atoms with van der Waals surface area (Å²) in [7, 11) is 0. The molecular formula is C16H19FN4. The van der Waals surface area contributed by atoms with E-state index in [4.69, 9.17) is 0 Å². The van der Waals surface area contributed by atoms with E-state index in [2.05, 4.69) is 26.8 Å². The van der Waals surface area contributed by atoms with Gasteiger partial charge in [0.1, 0.15) is 18.0 Å². The molecule has 1 N–H and O–H groups in total. The number of nitrogens with zero attached hydrogens (tertiary/aromatic N) is 3. The monoisotopic (exact) mass is 286 g/mol. The van der Waals surface area contributed by atoms with Gasteiger partial charge >= 0.3 is 0 Å². The first kappa shape index (κ1) is 13.9. The van der Waals surface area contributed by atoms with Gasteiger partial charge in [0, 0.05) is 31.1 Å². The summed E-state index contributed by atoms with van der Waals surface area (Å²) in [5, 5.41) is 4.19. The molecule has 1 aliphatic rings. The van der Waals surface area contributed by atoms with E-state index < -0.39 is 0 Å². The van der Waals surface area contributed by atoms with Crippen molar-refractivity contribution < 1.29 is 4.39 Å². The van der Waals surface area contributed by atoms with Crippen LogP contribution in [0.1, 0.15) is 12.8 Å². The van der Waals surface area contributed by atoms with Gasteiger partial charge in [-0.25, -0.2) is 14.4 Å². The molecule has 0 unspecified atom stereocenters. The Morgan fingerprint density at radius 3 is 2.90 bits per heavy atom. The van der Waals surface area contributed by atoms with Gasteiger partial charge in [-0.3, -0.25) is 4.90 Å². The Bertz CT molecular complexity index is 635. The Morgan fingerprint density at radius 1 is 1.33 bits per heavy atom. The number of likely N-dealkylation sites (tertiary alicyclic amines) is 1. The zero-order valence-electron chi connectivity index (χ0n) is 11.9. The third kappa shape index (κ3) is 3.19. The summed E-state index contributed by atoms with van der Waals surface area (Å²) < 4.78 is 13.4. The fourth-order valence-electron chi connectivity index (χ4n) is 2.78. The molecule has 1 aromatic heterocycles. The van der Waals surface area contributed by atoms with Crippen molar-refractivity contribution in [1.29, 1.82) is 0 Å². The second kappa shape index (κ2) is 6.18. The summed E-state index contributed by atoms with van der Waals surface area (Å²) in [6.07, 6.45) is 5.56. The fourth-order valence-corrected chi connectivity index (χ4v) is 2.78. The van der Waals surface area contributed by atoms with Crippen LogP contribution < -0.4 is 5.32 Å². The fraction of sp³-hybridized carbons (Fsp3) is 0.375. The molecule has 0 saturated carbocycles. The predicted octanol–water partition coefficient (Wildman–Crippen LogP) is 2.83. The average molecular weight is 286 g/mol. The summed E-state index contributed by atoms with van der Waals surface area (Å²) >= 11 is 0. The van der Waals surface area contributed by atoms with E-state index in [-0.39, 0.29) is 5.82 Å². The third-order valence-corrected chi connectivity index (χ3v) is 3.91. The van der Waals surface area contributed by atoms with Gasteiger partial charge in [0.15, 0.2) is 0 Å². The Balaban J connectivity index is 1.74. The minimum Gasteiger partial charge on any atom is -0.367 e. The van der Waals surface area contributed by atoms with Crippen molar-refractivity contribution in [1.82, 2.24) is 14.9 Å². The van der Waals surface area contributed by atoms with Gasteiger partial charge in [0.2, 0.25) is 0 Å². The largest absolute Gasteiger partial charge is 0.367 e. The Morgan fingerprint density at radius 2 is 2.14 bits per heavy atom. The Kier molecular flexibility index (Phi) is 4.10. The van der Waals surface area contributed by atoms with E-state index >= 15 is 0 Å². The van der Waals surface area contributed by atoms with Gasteiger partial charge < -0.3 is 5.32 Å². The zero-order chi connectivity index (χ0) is 14.7. The highest BCUT2D eigenvalue weighted by Crippen LogP contribution is 2.23. The van der Waals surface area contributed by atoms with Gasteiger partial charge in [-0.1, -0.05) is 6.08 Å². The van der Waals surface area contributed by atoms with Crippen LogP contribution in [-0.2, 0) is 0 Å². The van der Waals surface area contributed by atoms with Crippen molar-refractivity contribution in [3.63, 3.8) is 0 Å². The van der Waals surface area contributed by atoms with Crippen molar-refractivity contribution in [2.75, 3.05) is 25.0 Å². The number of rotatable bonds is 4. The molecule has 0 amide bonds. The highest BCUT2D eigenvalue weighted by molar-refractivity contribution is 5.88. The van der Waals surface area contributed by atoms with Crippen LogP contribution in [0.3, 0.4) is 0 Å². The molecule has 0 atom stereocenters. The number of fused-ring (bicyclic) bond motifs is 1. The van der Waals surface area contributed by atoms with E-state index in [1.165, 1.54) is 18.5 Å². The van der Waals surface area contributed by atoms with Gasteiger partial charge in [-0.2, -0.15) is 0 Å². The van der Waals surface area contributed by atoms with Crippen LogP contribution in [0.5, 0.6) is 0 Å². The molecular weight excluding hydrogens is 267 g/mol. The van der Waals surface area contributed by atoms with E-state index in [1.54, 1.807) is 6.07 Å². The molecule has 2 heterocycles. The first-order valence-electron chi connectivity index (χ1n) is 7.26. The number of nitrogens with one attached hydrogen (secondary N) is 1. The van der Waals surface area contributed by atoms with Crippen LogP contribution in [0.4, 0.5) is 10.2 Å². The maximum Gasteiger partial charge on any atom is 0.137 e. The standard InChI is InChI=1S/C16H19FN4/c1-2-7-21-8-5-13(6-9-21)20-16-14-10-12(17)3-4-15(14)18-11-19-16/h2-4,10-11,13H,1,5-9H2,(H,18,19,20). The van der Waals surface area contributed by atoms with E-state index in [0.29, 0.717) is 6.04 Å². The second-order valence-corrected chi connectivity index (χ2v) is 5.39. The smallest absolute Gasteiger partial charge is 0.137 e. The van der Waals surface area contributed by atoms with Gasteiger partial charge in [-0.05, 0) is 31.0 Å². The van der Waals surface area contributed by atoms with Crippen LogP contribution in [0.25, 0.3) is 10.9 Å². The van der Waals surface area contributed by atoms with E-state index in [9.17, 15) is 4.39 Å². The summed E-state index contributed by atoms with van der Waals surface area (Å²) in [5.74, 6) is 0.461. The highest BCUT2D eigenvalue weighted by Gasteiger charge is 2.19. The third-order valence-electron chi connectivity index (χ3n) is 3.91. The van der Waals surface area contributed by atoms with Crippen LogP contribution in [0, 0.1) is 5.82 Å². The van der Waals surface area contributed by atoms with Crippen molar-refractivity contribution in [2.45, 2.75) is 18.9 Å². The van der Waals surface area contributed by atoms with Crippen LogP contribution in [0.15, 0.2) is 37.2 Å². The highest BCUT2D eigenvalue weighted by atomic mass is 19.1. The molecule has 5 heteroatoms. The molecule has 0 bridgehead atoms. The maximum atomic E-state index is 13.4. The molecule has 1 aliphatic heterocycles. The minimum absolute atomic E-state index is 0.263. The van der Waals surface area contributed by atoms with E-state index in [0.717, 1.165) is 49.2 Å². The van der Waals surface area contributed by atoms with Crippen molar-refractivity contribution in [2.24, 2.45) is 0 Å². The van der Waals surface area contributed by atoms with Crippen molar-refractivity contribution >= 4 is 16.7 Å². The second-order valence-electron chi connectivity index (χ2n) is 5.39. The number of halogens is 1. The Labute approximate surface area is 123 Å². The summed E-state index contributed by atoms with van der Waals surface area (Å²) in [5.41, 5.74) is 0.762. The molecule has 0 spiro atoms. The topological polar surface area (TPSA) is 41.0 Å². The van der Waals surface area contributed by atoms with Crippen molar-refractivity contribution in [3.05, 3.63) is 43.0 Å². The average Bonchev–Trinajstić information content (AvgIpc) is 2.50. The molecule has 21 heavy (non-hydrogen) atoms. The first-order chi connectivity index (χ1) is 10.3. The normalized spacial score (nSPS) is 17.0. The molecule has 0 aliphatic carbocycles. The lowest BCUT2D eigenvalue weighted by Gasteiger charge is -2.31. The van der Waals surface area contributed by atoms with Crippen molar-refractivity contribution in [3.8, 4) is 0 Å². The van der Waals surface area contributed by atoms with Gasteiger partial charge in [0.05, 0.1) is 5.52 Å². The number of benzene rings is 1. The van der Waals surface area contributed by atoms with Crippen LogP contribution in [0.2, 0.25) is 0 Å². The van der Waals surface area contributed by atoms with Crippen LogP contribution >= 0.6 is 0 Å². The summed E-state index contributed by atoms with van der Waals surface area (Å²) in [4.78, 5) is 10.8. The lowest BCUT2D eigenvalue weighted by molar-refractivity contribution is 0.240. The van der Waals surface area contributed by atoms with Gasteiger partial charge in [-0.15, -0.1) is 6.58 Å². The number of piperidine rings is 1. The van der Waals surface area contributed by atoms with Gasteiger partial charge in [0.25, 0.3) is 0 Å². The molecule has 0 radical (unpaired) electrons. The first-order valence-corrected chi connectivity index (χ1v) is 7.26. The minimum atomic E-state index is -0.263. The molecule has 2 aromatic rings. The molecule has 1 fully saturated rings. The number of anilines is 1. The quantitative estimate of drug-likeness (QED) is 0.878. The lowest BCUT2D eigenvalue weighted by Crippen LogP contribution is -2.39. The number of hydrogen-bond donors (Lipinski definition) is 1. The SMILES string of the molecule is C=CCN1CCC(Nc2ncnc3ccc(F)cc23)CC1. The summed E-state index contributed by atoms with van der Waals surface area (Å²) in [6.45, 7) is 6.80. The maximum absolute atomic E-state index is 13.4. The lowest BCUT2D eigenvalue weighted by atomic mass is 10.0. The predicted molar refractivity (Wildman–Crippen MR) is 82.8 cm³/mol. The number of aromatic nitrogens is 2. The zero-order valence-corrected chi connectivity index (χ0v) is 11.9. The molecule has 4 nitrogen and oxygen atoms in total. The van der Waals surface area contributed by atoms with Crippen LogP contribution in [-0.4, -0.2) is 40.5 Å². The Hall–Kier alpha value is -2.01. The number of hydrogen-bond acceptors (Lipinski definition) is 4. The molecule has 3 rings (SSSR count). The summed E-state index contributed by atoms with van der Waals surface area (Å²) in [6, 6.07) is 4.97. The molecule has 110 valence electrons. The molecule has 1 saturated heterocycles. The van der Waals surface area contributed by atoms with E-state index in [1.807, 2.05) is 6.08 Å². The molecule has 1 aromatic carbocycles.